The van der Waals surface area contributed by atoms with Crippen LogP contribution in [0.2, 0.25) is 0 Å². The predicted octanol–water partition coefficient (Wildman–Crippen LogP) is 8.76. The highest BCUT2D eigenvalue weighted by atomic mass is 16.6. The van der Waals surface area contributed by atoms with E-state index in [1.807, 2.05) is 26.1 Å². The van der Waals surface area contributed by atoms with Crippen LogP contribution in [0, 0.1) is 29.6 Å². The molecule has 115 heavy (non-hydrogen) atoms. The molecule has 1 saturated heterocycles. The maximum atomic E-state index is 14.3. The van der Waals surface area contributed by atoms with Gasteiger partial charge in [-0.05, 0) is 107 Å². The number of fused-ring (bicyclic) bond motifs is 4. The summed E-state index contributed by atoms with van der Waals surface area (Å²) in [6, 6.07) is 10.2. The Balaban J connectivity index is 0.570. The second-order valence-electron chi connectivity index (χ2n) is 29.9. The molecule has 2 fully saturated rings. The molecule has 3 aromatic rings. The largest absolute Gasteiger partial charge is 0.493 e. The number of Topliss-reactive ketones (excluding diaryl/α,β-unsaturated/α-hetero) is 1. The number of benzene rings is 3. The van der Waals surface area contributed by atoms with Crippen molar-refractivity contribution in [1.82, 2.24) is 25.8 Å². The van der Waals surface area contributed by atoms with Crippen molar-refractivity contribution in [2.45, 2.75) is 162 Å². The zero-order valence-electron chi connectivity index (χ0n) is 67.7. The molecule has 2 aliphatic carbocycles. The molecule has 7 atom stereocenters. The molecule has 0 spiro atoms. The summed E-state index contributed by atoms with van der Waals surface area (Å²) in [5.74, 6) is -1.52. The van der Waals surface area contributed by atoms with Crippen LogP contribution in [0.3, 0.4) is 0 Å². The molecule has 632 valence electrons. The van der Waals surface area contributed by atoms with Crippen LogP contribution in [0.1, 0.15) is 157 Å². The smallest absolute Gasteiger partial charge is 0.416 e. The van der Waals surface area contributed by atoms with Crippen molar-refractivity contribution >= 4 is 76.5 Å². The number of ether oxygens (including phenoxy) is 13. The van der Waals surface area contributed by atoms with E-state index in [-0.39, 0.29) is 135 Å². The van der Waals surface area contributed by atoms with E-state index in [0.717, 1.165) is 42.6 Å². The molecule has 4 aliphatic heterocycles. The molecule has 1 saturated carbocycles. The molecular weight excluding hydrogens is 1490 g/mol. The third-order valence-electron chi connectivity index (χ3n) is 20.9. The highest BCUT2D eigenvalue weighted by Crippen LogP contribution is 2.44. The van der Waals surface area contributed by atoms with Crippen LogP contribution in [0.5, 0.6) is 23.0 Å². The van der Waals surface area contributed by atoms with Gasteiger partial charge in [-0.2, -0.15) is 0 Å². The number of aliphatic imine (C=N–C) groups is 1. The summed E-state index contributed by atoms with van der Waals surface area (Å²) in [6.45, 7) is 15.2. The Hall–Kier alpha value is -8.92. The minimum absolute atomic E-state index is 0.0129. The summed E-state index contributed by atoms with van der Waals surface area (Å²) < 4.78 is 74.0. The van der Waals surface area contributed by atoms with Gasteiger partial charge in [-0.15, -0.1) is 0 Å². The van der Waals surface area contributed by atoms with Crippen LogP contribution in [0.25, 0.3) is 0 Å². The first kappa shape index (κ1) is 90.0. The molecule has 5 N–H and O–H groups in total. The van der Waals surface area contributed by atoms with Crippen LogP contribution in [0.15, 0.2) is 76.9 Å². The van der Waals surface area contributed by atoms with E-state index in [4.69, 9.17) is 61.6 Å². The average Bonchev–Trinajstić information content (AvgIpc) is 1.61. The lowest BCUT2D eigenvalue weighted by Gasteiger charge is -2.31. The molecular formula is C84H118N8O23. The maximum Gasteiger partial charge on any atom is 0.416 e. The number of hydrogen-bond acceptors (Lipinski definition) is 24. The number of ketones is 1. The number of carbonyl (C=O) groups excluding carboxylic acids is 9. The molecule has 0 radical (unpaired) electrons. The second kappa shape index (κ2) is 47.3. The van der Waals surface area contributed by atoms with Gasteiger partial charge in [-0.1, -0.05) is 75.3 Å². The number of rotatable bonds is 49. The van der Waals surface area contributed by atoms with Gasteiger partial charge in [-0.25, -0.2) is 9.69 Å². The SMILES string of the molecule is COc1cc2c(cc1OCCCCCOc1cc3c(cc1OC)C(=O)N1C=C(C)C[C@H]1[C@H](O)N3C(=O)OCc1ccc(NC(=O)[C@H](C)NC(=O)[C@@H](NC(=O)CCOCCOCCOCCOCCOCCOCCOCCOCCNC(=O)CCN3C(=O)CC(C4CCCCCCC4)C3=O)C(C)C)cc1)N=C[C@@H]1CC(C)=CC1C2=O. The maximum absolute atomic E-state index is 14.3. The number of unbranched alkanes of at least 4 members (excludes halogenated alkanes) is 2. The molecule has 2 unspecified atom stereocenters. The molecule has 9 rings (SSSR count). The summed E-state index contributed by atoms with van der Waals surface area (Å²) in [6.07, 6.45) is 14.3. The highest BCUT2D eigenvalue weighted by molar-refractivity contribution is 6.08. The number of imide groups is 1. The number of allylic oxidation sites excluding steroid dienone is 2. The number of aliphatic hydroxyl groups is 1. The average molecular weight is 1610 g/mol. The van der Waals surface area contributed by atoms with Gasteiger partial charge in [0.25, 0.3) is 5.91 Å². The van der Waals surface area contributed by atoms with Gasteiger partial charge in [0.1, 0.15) is 18.7 Å². The third kappa shape index (κ3) is 27.3. The van der Waals surface area contributed by atoms with Gasteiger partial charge in [-0.3, -0.25) is 48.2 Å². The van der Waals surface area contributed by atoms with Crippen molar-refractivity contribution in [1.29, 1.82) is 0 Å². The number of nitrogens with zero attached hydrogens (tertiary/aromatic N) is 4. The fourth-order valence-corrected chi connectivity index (χ4v) is 14.6. The minimum atomic E-state index is -1.53. The summed E-state index contributed by atoms with van der Waals surface area (Å²) >= 11 is 0. The third-order valence-corrected chi connectivity index (χ3v) is 20.9. The summed E-state index contributed by atoms with van der Waals surface area (Å²) in [5.41, 5.74) is 4.12. The Morgan fingerprint density at radius 2 is 1.16 bits per heavy atom. The van der Waals surface area contributed by atoms with Gasteiger partial charge in [0, 0.05) is 80.0 Å². The number of anilines is 2. The normalized spacial score (nSPS) is 19.2. The Labute approximate surface area is 673 Å². The van der Waals surface area contributed by atoms with Crippen molar-refractivity contribution in [3.63, 3.8) is 0 Å². The monoisotopic (exact) mass is 1610 g/mol. The highest BCUT2D eigenvalue weighted by Gasteiger charge is 2.46. The number of amides is 8. The first-order chi connectivity index (χ1) is 55.7. The van der Waals surface area contributed by atoms with Gasteiger partial charge < -0.3 is 92.9 Å². The van der Waals surface area contributed by atoms with Crippen LogP contribution < -0.4 is 45.1 Å². The summed E-state index contributed by atoms with van der Waals surface area (Å²) in [5, 5.41) is 23.0. The lowest BCUT2D eigenvalue weighted by atomic mass is 9.81. The van der Waals surface area contributed by atoms with Crippen LogP contribution in [-0.4, -0.2) is 245 Å². The molecule has 3 aromatic carbocycles. The number of carbonyl (C=O) groups is 9. The zero-order chi connectivity index (χ0) is 82.0. The zero-order valence-corrected chi connectivity index (χ0v) is 67.7. The van der Waals surface area contributed by atoms with E-state index < -0.39 is 54.1 Å². The van der Waals surface area contributed by atoms with Crippen LogP contribution in [0.4, 0.5) is 21.9 Å². The topological polar surface area (TPSA) is 364 Å². The van der Waals surface area contributed by atoms with E-state index >= 15 is 0 Å². The Morgan fingerprint density at radius 3 is 1.75 bits per heavy atom. The van der Waals surface area contributed by atoms with E-state index in [2.05, 4.69) is 26.3 Å². The fraction of sp³-hybridized carbons (Fsp3) is 0.619. The number of aliphatic hydroxyl groups excluding tert-OH is 1. The number of hydrogen-bond donors (Lipinski definition) is 5. The number of likely N-dealkylation sites (tertiary alicyclic amines) is 1. The summed E-state index contributed by atoms with van der Waals surface area (Å²) in [4.78, 5) is 128. The van der Waals surface area contributed by atoms with Crippen LogP contribution >= 0.6 is 0 Å². The van der Waals surface area contributed by atoms with E-state index in [0.29, 0.717) is 159 Å². The molecule has 0 bridgehead atoms. The van der Waals surface area contributed by atoms with Crippen molar-refractivity contribution in [3.8, 4) is 23.0 Å². The lowest BCUT2D eigenvalue weighted by Crippen LogP contribution is -2.53. The number of nitrogens with one attached hydrogen (secondary N) is 4. The van der Waals surface area contributed by atoms with Crippen molar-refractivity contribution in [3.05, 3.63) is 88.6 Å². The second-order valence-corrected chi connectivity index (χ2v) is 29.9. The van der Waals surface area contributed by atoms with Gasteiger partial charge >= 0.3 is 6.09 Å². The van der Waals surface area contributed by atoms with Crippen molar-refractivity contribution in [2.24, 2.45) is 34.6 Å². The predicted molar refractivity (Wildman–Crippen MR) is 425 cm³/mol. The molecule has 4 heterocycles. The van der Waals surface area contributed by atoms with Crippen molar-refractivity contribution in [2.75, 3.05) is 156 Å². The standard InChI is InChI=1S/C84H118N8O23/c1-55(2)77(89-75(94)23-28-105-30-32-107-34-36-109-38-40-111-42-43-112-41-39-110-37-35-108-33-31-106-29-24-85-74(93)22-25-90-76(95)49-64(81(90)99)60-16-12-9-8-10-13-17-60)80(98)87-58(5)79(97)88-62-20-18-59(19-21-62)54-115-84(102)92-68-51-73(71(104-7)48-66(68)82(100)91-53-57(4)46-69(91)83(92)101)114-27-15-11-14-26-113-72-50-67-65(47-70(72)103-6)78(96)63-45-56(3)44-61(63)52-86-67/h18-21,45,47-48,50-53,55,58,60-61,63-64,69,77,83,101H,8-17,22-44,46,49,54H2,1-7H3,(H,85,93)(H,87,98)(H,88,97)(H,89,94)/t58-,61-,63?,64?,69-,77-,83-/m0/s1. The quantitative estimate of drug-likeness (QED) is 0.0200. The molecule has 31 heteroatoms. The number of methoxy groups -OCH3 is 2. The van der Waals surface area contributed by atoms with Gasteiger partial charge in [0.05, 0.1) is 162 Å². The van der Waals surface area contributed by atoms with Gasteiger partial charge in [0.2, 0.25) is 35.4 Å². The fourth-order valence-electron chi connectivity index (χ4n) is 14.6. The summed E-state index contributed by atoms with van der Waals surface area (Å²) in [7, 11) is 2.98. The Morgan fingerprint density at radius 1 is 0.591 bits per heavy atom. The van der Waals surface area contributed by atoms with E-state index in [9.17, 15) is 48.3 Å². The molecule has 6 aliphatic rings. The first-order valence-electron chi connectivity index (χ1n) is 40.5. The molecule has 8 amide bonds. The minimum Gasteiger partial charge on any atom is -0.493 e. The Kier molecular flexibility index (Phi) is 37.0. The van der Waals surface area contributed by atoms with Crippen molar-refractivity contribution < 1.29 is 110 Å². The molecule has 0 aromatic heterocycles. The van der Waals surface area contributed by atoms with Crippen LogP contribution in [-0.2, 0) is 78.0 Å². The van der Waals surface area contributed by atoms with E-state index in [1.165, 1.54) is 67.9 Å². The Bertz CT molecular complexity index is 3810. The first-order valence-corrected chi connectivity index (χ1v) is 40.5. The van der Waals surface area contributed by atoms with E-state index in [1.54, 1.807) is 56.4 Å². The molecule has 31 nitrogen and oxygen atoms in total. The lowest BCUT2D eigenvalue weighted by molar-refractivity contribution is -0.140. The van der Waals surface area contributed by atoms with Gasteiger partial charge in [0.15, 0.2) is 35.0 Å².